The maximum absolute atomic E-state index is 12.0. The number of rotatable bonds is 5. The van der Waals surface area contributed by atoms with Crippen molar-refractivity contribution in [2.24, 2.45) is 12.0 Å². The van der Waals surface area contributed by atoms with Crippen LogP contribution in [0.4, 0.5) is 13.2 Å². The second kappa shape index (κ2) is 9.03. The van der Waals surface area contributed by atoms with Crippen LogP contribution < -0.4 is 10.6 Å². The van der Waals surface area contributed by atoms with Crippen molar-refractivity contribution in [3.05, 3.63) is 18.0 Å². The standard InChI is InChI=1S/C11H18F3N5.HI/c1-3-15-10(16-5-4-11(12,13)14)17-6-9-7-18-19(2)8-9;/h7-8H,3-6H2,1-2H3,(H2,15,16,17);1H. The van der Waals surface area contributed by atoms with E-state index in [9.17, 15) is 13.2 Å². The van der Waals surface area contributed by atoms with Crippen LogP contribution in [0.2, 0.25) is 0 Å². The Morgan fingerprint density at radius 2 is 2.10 bits per heavy atom. The molecule has 0 spiro atoms. The molecule has 0 fully saturated rings. The zero-order chi connectivity index (χ0) is 14.3. The van der Waals surface area contributed by atoms with E-state index in [0.29, 0.717) is 19.0 Å². The molecular weight excluding hydrogens is 386 g/mol. The van der Waals surface area contributed by atoms with Gasteiger partial charge in [-0.05, 0) is 6.92 Å². The molecule has 0 aromatic carbocycles. The Balaban J connectivity index is 0.00000361. The first-order valence-corrected chi connectivity index (χ1v) is 5.97. The van der Waals surface area contributed by atoms with E-state index in [0.717, 1.165) is 5.56 Å². The molecule has 0 unspecified atom stereocenters. The Hall–Kier alpha value is -1.00. The maximum atomic E-state index is 12.0. The van der Waals surface area contributed by atoms with E-state index in [1.54, 1.807) is 17.9 Å². The van der Waals surface area contributed by atoms with Crippen molar-refractivity contribution in [3.63, 3.8) is 0 Å². The summed E-state index contributed by atoms with van der Waals surface area (Å²) in [6.07, 6.45) is -1.57. The SMILES string of the molecule is CCNC(=NCc1cnn(C)c1)NCCC(F)(F)F.I. The van der Waals surface area contributed by atoms with E-state index in [-0.39, 0.29) is 30.5 Å². The molecule has 0 bridgehead atoms. The van der Waals surface area contributed by atoms with E-state index >= 15 is 0 Å². The molecule has 2 N–H and O–H groups in total. The third-order valence-electron chi connectivity index (χ3n) is 2.22. The van der Waals surface area contributed by atoms with Crippen LogP contribution in [-0.4, -0.2) is 35.0 Å². The summed E-state index contributed by atoms with van der Waals surface area (Å²) in [5, 5.41) is 9.53. The fraction of sp³-hybridized carbons (Fsp3) is 0.636. The topological polar surface area (TPSA) is 54.2 Å². The van der Waals surface area contributed by atoms with Gasteiger partial charge in [0.2, 0.25) is 0 Å². The molecule has 5 nitrogen and oxygen atoms in total. The minimum atomic E-state index is -4.16. The molecule has 116 valence electrons. The summed E-state index contributed by atoms with van der Waals surface area (Å²) >= 11 is 0. The lowest BCUT2D eigenvalue weighted by atomic mass is 10.4. The van der Waals surface area contributed by atoms with Crippen molar-refractivity contribution in [1.82, 2.24) is 20.4 Å². The number of halogens is 4. The van der Waals surface area contributed by atoms with Gasteiger partial charge in [0.25, 0.3) is 0 Å². The van der Waals surface area contributed by atoms with E-state index in [4.69, 9.17) is 0 Å². The summed E-state index contributed by atoms with van der Waals surface area (Å²) < 4.78 is 37.8. The number of hydrogen-bond acceptors (Lipinski definition) is 2. The fourth-order valence-electron chi connectivity index (χ4n) is 1.39. The number of alkyl halides is 3. The highest BCUT2D eigenvalue weighted by Gasteiger charge is 2.26. The Morgan fingerprint density at radius 3 is 2.60 bits per heavy atom. The van der Waals surface area contributed by atoms with Crippen molar-refractivity contribution in [2.75, 3.05) is 13.1 Å². The van der Waals surface area contributed by atoms with Gasteiger partial charge in [-0.25, -0.2) is 4.99 Å². The van der Waals surface area contributed by atoms with Crippen molar-refractivity contribution in [3.8, 4) is 0 Å². The van der Waals surface area contributed by atoms with Crippen LogP contribution in [0.3, 0.4) is 0 Å². The van der Waals surface area contributed by atoms with Gasteiger partial charge in [-0.3, -0.25) is 4.68 Å². The van der Waals surface area contributed by atoms with Gasteiger partial charge in [0.15, 0.2) is 5.96 Å². The minimum Gasteiger partial charge on any atom is -0.357 e. The first-order valence-electron chi connectivity index (χ1n) is 5.97. The van der Waals surface area contributed by atoms with E-state index < -0.39 is 12.6 Å². The highest BCUT2D eigenvalue weighted by atomic mass is 127. The lowest BCUT2D eigenvalue weighted by molar-refractivity contribution is -0.132. The average molecular weight is 405 g/mol. The summed E-state index contributed by atoms with van der Waals surface area (Å²) in [5.74, 6) is 0.371. The molecule has 0 amide bonds. The van der Waals surface area contributed by atoms with Crippen molar-refractivity contribution in [1.29, 1.82) is 0 Å². The predicted molar refractivity (Wildman–Crippen MR) is 82.1 cm³/mol. The fourth-order valence-corrected chi connectivity index (χ4v) is 1.39. The van der Waals surface area contributed by atoms with Crippen LogP contribution in [0, 0.1) is 0 Å². The molecule has 0 atom stereocenters. The summed E-state index contributed by atoms with van der Waals surface area (Å²) in [6.45, 7) is 2.62. The Kier molecular flexibility index (Phi) is 8.58. The van der Waals surface area contributed by atoms with Crippen molar-refractivity contribution < 1.29 is 13.2 Å². The van der Waals surface area contributed by atoms with Gasteiger partial charge < -0.3 is 10.6 Å². The largest absolute Gasteiger partial charge is 0.390 e. The van der Waals surface area contributed by atoms with Gasteiger partial charge in [-0.15, -0.1) is 24.0 Å². The highest BCUT2D eigenvalue weighted by molar-refractivity contribution is 14.0. The Morgan fingerprint density at radius 1 is 1.40 bits per heavy atom. The van der Waals surface area contributed by atoms with Crippen molar-refractivity contribution >= 4 is 29.9 Å². The molecule has 0 aliphatic rings. The molecule has 0 aliphatic carbocycles. The number of hydrogen-bond donors (Lipinski definition) is 2. The Bertz CT molecular complexity index is 416. The first-order chi connectivity index (χ1) is 8.90. The van der Waals surface area contributed by atoms with E-state index in [2.05, 4.69) is 20.7 Å². The molecule has 9 heteroatoms. The van der Waals surface area contributed by atoms with Gasteiger partial charge in [-0.2, -0.15) is 18.3 Å². The molecule has 20 heavy (non-hydrogen) atoms. The molecule has 1 heterocycles. The quantitative estimate of drug-likeness (QED) is 0.448. The molecule has 1 aromatic heterocycles. The molecule has 0 aliphatic heterocycles. The number of aliphatic imine (C=N–C) groups is 1. The normalized spacial score (nSPS) is 11.9. The number of nitrogens with zero attached hydrogens (tertiary/aromatic N) is 3. The van der Waals surface area contributed by atoms with Crippen LogP contribution in [0.15, 0.2) is 17.4 Å². The first kappa shape index (κ1) is 19.0. The molecule has 0 saturated heterocycles. The van der Waals surface area contributed by atoms with Gasteiger partial charge in [0.05, 0.1) is 19.2 Å². The third kappa shape index (κ3) is 8.23. The predicted octanol–water partition coefficient (Wildman–Crippen LogP) is 2.05. The maximum Gasteiger partial charge on any atom is 0.390 e. The van der Waals surface area contributed by atoms with Crippen LogP contribution in [-0.2, 0) is 13.6 Å². The molecule has 0 radical (unpaired) electrons. The van der Waals surface area contributed by atoms with Crippen molar-refractivity contribution in [2.45, 2.75) is 26.1 Å². The summed E-state index contributed by atoms with van der Waals surface area (Å²) in [5.41, 5.74) is 0.899. The van der Waals surface area contributed by atoms with Gasteiger partial charge >= 0.3 is 6.18 Å². The third-order valence-corrected chi connectivity index (χ3v) is 2.22. The van der Waals surface area contributed by atoms with Crippen LogP contribution >= 0.6 is 24.0 Å². The smallest absolute Gasteiger partial charge is 0.357 e. The molecule has 0 saturated carbocycles. The number of aromatic nitrogens is 2. The van der Waals surface area contributed by atoms with E-state index in [1.807, 2.05) is 13.1 Å². The number of guanidine groups is 1. The van der Waals surface area contributed by atoms with E-state index in [1.165, 1.54) is 0 Å². The summed E-state index contributed by atoms with van der Waals surface area (Å²) in [7, 11) is 1.79. The highest BCUT2D eigenvalue weighted by Crippen LogP contribution is 2.18. The summed E-state index contributed by atoms with van der Waals surface area (Å²) in [4.78, 5) is 4.19. The zero-order valence-corrected chi connectivity index (χ0v) is 13.7. The molecular formula is C11H19F3IN5. The lowest BCUT2D eigenvalue weighted by Gasteiger charge is -2.12. The second-order valence-electron chi connectivity index (χ2n) is 4.01. The number of nitrogens with one attached hydrogen (secondary N) is 2. The minimum absolute atomic E-state index is 0. The Labute approximate surface area is 133 Å². The summed E-state index contributed by atoms with van der Waals surface area (Å²) in [6, 6.07) is 0. The molecule has 1 aromatic rings. The van der Waals surface area contributed by atoms with Gasteiger partial charge in [0.1, 0.15) is 0 Å². The lowest BCUT2D eigenvalue weighted by Crippen LogP contribution is -2.38. The van der Waals surface area contributed by atoms with Crippen LogP contribution in [0.25, 0.3) is 0 Å². The second-order valence-corrected chi connectivity index (χ2v) is 4.01. The average Bonchev–Trinajstić information content (AvgIpc) is 2.70. The van der Waals surface area contributed by atoms with Crippen LogP contribution in [0.1, 0.15) is 18.9 Å². The van der Waals surface area contributed by atoms with Gasteiger partial charge in [-0.1, -0.05) is 0 Å². The van der Waals surface area contributed by atoms with Gasteiger partial charge in [0, 0.05) is 31.9 Å². The van der Waals surface area contributed by atoms with Crippen LogP contribution in [0.5, 0.6) is 0 Å². The zero-order valence-electron chi connectivity index (χ0n) is 11.4. The monoisotopic (exact) mass is 405 g/mol. The molecule has 1 rings (SSSR count). The number of aryl methyl sites for hydroxylation is 1.